The molecule has 1 amide bonds. The molecule has 1 aliphatic rings. The van der Waals surface area contributed by atoms with E-state index in [9.17, 15) is 14.4 Å². The molecule has 0 radical (unpaired) electrons. The van der Waals surface area contributed by atoms with E-state index in [1.54, 1.807) is 29.2 Å². The molecule has 1 aliphatic heterocycles. The van der Waals surface area contributed by atoms with Crippen LogP contribution in [0.1, 0.15) is 29.3 Å². The molecule has 2 heterocycles. The number of carbonyl (C=O) groups excluding carboxylic acids is 2. The number of hydrogen-bond acceptors (Lipinski definition) is 5. The minimum absolute atomic E-state index is 0.225. The Kier molecular flexibility index (Phi) is 4.69. The number of hydrogen-bond donors (Lipinski definition) is 0. The van der Waals surface area contributed by atoms with Crippen LogP contribution >= 0.6 is 0 Å². The van der Waals surface area contributed by atoms with Crippen LogP contribution in [0, 0.1) is 0 Å². The van der Waals surface area contributed by atoms with E-state index in [0.717, 1.165) is 24.1 Å². The second-order valence-electron chi connectivity index (χ2n) is 6.76. The van der Waals surface area contributed by atoms with E-state index in [4.69, 9.17) is 9.15 Å². The van der Waals surface area contributed by atoms with Crippen LogP contribution in [0.2, 0.25) is 0 Å². The van der Waals surface area contributed by atoms with Gasteiger partial charge in [-0.25, -0.2) is 9.59 Å². The van der Waals surface area contributed by atoms with Gasteiger partial charge < -0.3 is 14.1 Å². The lowest BCUT2D eigenvalue weighted by Crippen LogP contribution is -2.43. The van der Waals surface area contributed by atoms with Crippen molar-refractivity contribution in [1.29, 1.82) is 0 Å². The first-order valence-electron chi connectivity index (χ1n) is 9.18. The summed E-state index contributed by atoms with van der Waals surface area (Å²) in [6, 6.07) is 16.0. The van der Waals surface area contributed by atoms with Crippen molar-refractivity contribution in [3.8, 4) is 0 Å². The van der Waals surface area contributed by atoms with E-state index in [1.165, 1.54) is 13.0 Å². The van der Waals surface area contributed by atoms with Gasteiger partial charge in [0.05, 0.1) is 0 Å². The van der Waals surface area contributed by atoms with Gasteiger partial charge in [0, 0.05) is 17.6 Å². The van der Waals surface area contributed by atoms with Crippen molar-refractivity contribution in [2.75, 3.05) is 11.4 Å². The summed E-state index contributed by atoms with van der Waals surface area (Å²) < 4.78 is 10.5. The third-order valence-corrected chi connectivity index (χ3v) is 4.87. The number of nitrogens with zero attached hydrogens (tertiary/aromatic N) is 1. The summed E-state index contributed by atoms with van der Waals surface area (Å²) in [5.41, 5.74) is 1.31. The van der Waals surface area contributed by atoms with Gasteiger partial charge in [-0.2, -0.15) is 0 Å². The number of anilines is 1. The maximum absolute atomic E-state index is 12.9. The molecule has 6 nitrogen and oxygen atoms in total. The fourth-order valence-electron chi connectivity index (χ4n) is 3.46. The van der Waals surface area contributed by atoms with Crippen molar-refractivity contribution in [2.24, 2.45) is 0 Å². The zero-order valence-electron chi connectivity index (χ0n) is 15.4. The molecule has 0 aliphatic carbocycles. The predicted octanol–water partition coefficient (Wildman–Crippen LogP) is 3.32. The summed E-state index contributed by atoms with van der Waals surface area (Å²) in [6.07, 6.45) is 0.730. The molecule has 1 aromatic heterocycles. The molecular weight excluding hydrogens is 358 g/mol. The van der Waals surface area contributed by atoms with Crippen LogP contribution in [-0.4, -0.2) is 24.5 Å². The number of ether oxygens (including phenoxy) is 1. The van der Waals surface area contributed by atoms with Gasteiger partial charge in [-0.15, -0.1) is 0 Å². The van der Waals surface area contributed by atoms with E-state index >= 15 is 0 Å². The number of para-hydroxylation sites is 2. The van der Waals surface area contributed by atoms with Gasteiger partial charge in [-0.05, 0) is 43.5 Å². The lowest BCUT2D eigenvalue weighted by Gasteiger charge is -2.31. The highest BCUT2D eigenvalue weighted by Gasteiger charge is 2.29. The molecule has 0 bridgehead atoms. The lowest BCUT2D eigenvalue weighted by atomic mass is 10.0. The molecule has 28 heavy (non-hydrogen) atoms. The normalized spacial score (nSPS) is 14.4. The van der Waals surface area contributed by atoms with Crippen LogP contribution < -0.4 is 10.5 Å². The standard InChI is InChI=1S/C22H19NO5/c1-14(20(24)23-12-6-9-15-7-2-4-10-18(15)23)27-21(25)17-13-16-8-3-5-11-19(16)28-22(17)26/h2-5,7-8,10-11,13-14H,6,9,12H2,1H3. The zero-order chi connectivity index (χ0) is 19.7. The third-order valence-electron chi connectivity index (χ3n) is 4.87. The molecule has 1 atom stereocenters. The maximum atomic E-state index is 12.9. The molecule has 0 spiro atoms. The first kappa shape index (κ1) is 18.0. The molecule has 1 unspecified atom stereocenters. The highest BCUT2D eigenvalue weighted by molar-refractivity contribution is 6.00. The predicted molar refractivity (Wildman–Crippen MR) is 104 cm³/mol. The van der Waals surface area contributed by atoms with Gasteiger partial charge >= 0.3 is 11.6 Å². The average molecular weight is 377 g/mol. The monoisotopic (exact) mass is 377 g/mol. The van der Waals surface area contributed by atoms with Crippen molar-refractivity contribution in [3.05, 3.63) is 76.1 Å². The molecule has 4 rings (SSSR count). The first-order chi connectivity index (χ1) is 13.5. The first-order valence-corrected chi connectivity index (χ1v) is 9.18. The summed E-state index contributed by atoms with van der Waals surface area (Å²) >= 11 is 0. The Morgan fingerprint density at radius 2 is 1.86 bits per heavy atom. The lowest BCUT2D eigenvalue weighted by molar-refractivity contribution is -0.126. The minimum atomic E-state index is -1.02. The van der Waals surface area contributed by atoms with Crippen molar-refractivity contribution < 1.29 is 18.7 Å². The molecule has 0 saturated carbocycles. The minimum Gasteiger partial charge on any atom is -0.449 e. The van der Waals surface area contributed by atoms with Gasteiger partial charge in [0.1, 0.15) is 11.1 Å². The number of rotatable bonds is 3. The van der Waals surface area contributed by atoms with E-state index in [2.05, 4.69) is 0 Å². The van der Waals surface area contributed by atoms with Gasteiger partial charge in [0.15, 0.2) is 6.10 Å². The molecule has 3 aromatic rings. The van der Waals surface area contributed by atoms with Gasteiger partial charge in [-0.1, -0.05) is 36.4 Å². The number of amides is 1. The Morgan fingerprint density at radius 3 is 2.71 bits per heavy atom. The smallest absolute Gasteiger partial charge is 0.351 e. The van der Waals surface area contributed by atoms with Crippen molar-refractivity contribution in [1.82, 2.24) is 0 Å². The van der Waals surface area contributed by atoms with Gasteiger partial charge in [0.2, 0.25) is 0 Å². The highest BCUT2D eigenvalue weighted by atomic mass is 16.5. The van der Waals surface area contributed by atoms with Gasteiger partial charge in [0.25, 0.3) is 5.91 Å². The maximum Gasteiger partial charge on any atom is 0.351 e. The topological polar surface area (TPSA) is 76.8 Å². The van der Waals surface area contributed by atoms with Crippen LogP contribution in [0.5, 0.6) is 0 Å². The SMILES string of the molecule is CC(OC(=O)c1cc2ccccc2oc1=O)C(=O)N1CCCc2ccccc21. The van der Waals surface area contributed by atoms with E-state index < -0.39 is 17.7 Å². The number of fused-ring (bicyclic) bond motifs is 2. The quantitative estimate of drug-likeness (QED) is 0.517. The summed E-state index contributed by atoms with van der Waals surface area (Å²) in [5.74, 6) is -1.18. The van der Waals surface area contributed by atoms with Gasteiger partial charge in [-0.3, -0.25) is 4.79 Å². The number of aryl methyl sites for hydroxylation is 1. The molecule has 2 aromatic carbocycles. The van der Waals surface area contributed by atoms with Crippen LogP contribution in [0.25, 0.3) is 11.0 Å². The van der Waals surface area contributed by atoms with E-state index in [0.29, 0.717) is 17.5 Å². The van der Waals surface area contributed by atoms with Crippen molar-refractivity contribution in [3.63, 3.8) is 0 Å². The largest absolute Gasteiger partial charge is 0.449 e. The van der Waals surface area contributed by atoms with E-state index in [1.807, 2.05) is 24.3 Å². The molecule has 6 heteroatoms. The third kappa shape index (κ3) is 3.29. The molecule has 0 saturated heterocycles. The van der Waals surface area contributed by atoms with Crippen LogP contribution in [-0.2, 0) is 16.0 Å². The number of benzene rings is 2. The summed E-state index contributed by atoms with van der Waals surface area (Å²) in [6.45, 7) is 2.08. The number of carbonyl (C=O) groups is 2. The molecule has 142 valence electrons. The van der Waals surface area contributed by atoms with Crippen LogP contribution in [0.4, 0.5) is 5.69 Å². The van der Waals surface area contributed by atoms with Crippen molar-refractivity contribution >= 4 is 28.5 Å². The molecule has 0 fully saturated rings. The average Bonchev–Trinajstić information content (AvgIpc) is 2.72. The van der Waals surface area contributed by atoms with Crippen molar-refractivity contribution in [2.45, 2.75) is 25.9 Å². The molecule has 0 N–H and O–H groups in total. The fourth-order valence-corrected chi connectivity index (χ4v) is 3.46. The second kappa shape index (κ2) is 7.31. The van der Waals surface area contributed by atoms with Crippen LogP contribution in [0.15, 0.2) is 63.8 Å². The van der Waals surface area contributed by atoms with E-state index in [-0.39, 0.29) is 11.5 Å². The Labute approximate surface area is 161 Å². The summed E-state index contributed by atoms with van der Waals surface area (Å²) in [7, 11) is 0. The fraction of sp³-hybridized carbons (Fsp3) is 0.227. The highest BCUT2D eigenvalue weighted by Crippen LogP contribution is 2.27. The Bertz CT molecular complexity index is 1120. The zero-order valence-corrected chi connectivity index (χ0v) is 15.4. The van der Waals surface area contributed by atoms with Crippen LogP contribution in [0.3, 0.4) is 0 Å². The Balaban J connectivity index is 1.55. The Hall–Kier alpha value is -3.41. The number of esters is 1. The molecular formula is C22H19NO5. The summed E-state index contributed by atoms with van der Waals surface area (Å²) in [5, 5.41) is 0.609. The second-order valence-corrected chi connectivity index (χ2v) is 6.76. The summed E-state index contributed by atoms with van der Waals surface area (Å²) in [4.78, 5) is 39.1. The Morgan fingerprint density at radius 1 is 1.11 bits per heavy atom.